The summed E-state index contributed by atoms with van der Waals surface area (Å²) in [5, 5.41) is 0. The molecule has 0 amide bonds. The van der Waals surface area contributed by atoms with Crippen molar-refractivity contribution in [2.45, 2.75) is 24.0 Å². The van der Waals surface area contributed by atoms with E-state index < -0.39 is 9.84 Å². The van der Waals surface area contributed by atoms with Crippen molar-refractivity contribution in [2.24, 2.45) is 0 Å². The fourth-order valence-electron chi connectivity index (χ4n) is 2.16. The number of nitrogens with zero attached hydrogens (tertiary/aromatic N) is 1. The van der Waals surface area contributed by atoms with Crippen LogP contribution in [0.2, 0.25) is 0 Å². The van der Waals surface area contributed by atoms with Gasteiger partial charge in [0, 0.05) is 24.5 Å². The molecular weight excluding hydrogens is 286 g/mol. The first-order valence-electron chi connectivity index (χ1n) is 6.16. The van der Waals surface area contributed by atoms with Gasteiger partial charge in [-0.3, -0.25) is 0 Å². The molecule has 4 nitrogen and oxygen atoms in total. The number of hydrogen-bond acceptors (Lipinski definition) is 4. The zero-order chi connectivity index (χ0) is 14.0. The summed E-state index contributed by atoms with van der Waals surface area (Å²) >= 11 is 5.83. The van der Waals surface area contributed by atoms with Gasteiger partial charge in [-0.2, -0.15) is 0 Å². The Hall–Kier alpha value is -0.780. The van der Waals surface area contributed by atoms with Gasteiger partial charge in [-0.15, -0.1) is 11.6 Å². The Morgan fingerprint density at radius 2 is 2.00 bits per heavy atom. The molecule has 1 aromatic rings. The summed E-state index contributed by atoms with van der Waals surface area (Å²) in [5.74, 6) is 0.463. The van der Waals surface area contributed by atoms with Crippen LogP contribution in [0.25, 0.3) is 0 Å². The van der Waals surface area contributed by atoms with E-state index in [1.54, 1.807) is 12.1 Å². The highest BCUT2D eigenvalue weighted by molar-refractivity contribution is 7.90. The van der Waals surface area contributed by atoms with E-state index in [0.717, 1.165) is 12.2 Å². The zero-order valence-corrected chi connectivity index (χ0v) is 12.6. The number of sulfone groups is 1. The topological polar surface area (TPSA) is 46.6 Å². The van der Waals surface area contributed by atoms with E-state index in [2.05, 4.69) is 11.8 Å². The normalized spacial score (nSPS) is 24.5. The SMILES string of the molecule is CC1COC(CCl)CN1c1ccc(S(C)(=O)=O)cc1. The largest absolute Gasteiger partial charge is 0.373 e. The Kier molecular flexibility index (Phi) is 4.38. The monoisotopic (exact) mass is 303 g/mol. The second-order valence-electron chi connectivity index (χ2n) is 4.88. The fourth-order valence-corrected chi connectivity index (χ4v) is 2.97. The van der Waals surface area contributed by atoms with Crippen molar-refractivity contribution in [1.29, 1.82) is 0 Å². The summed E-state index contributed by atoms with van der Waals surface area (Å²) in [6.07, 6.45) is 1.23. The maximum absolute atomic E-state index is 11.4. The van der Waals surface area contributed by atoms with Gasteiger partial charge in [0.2, 0.25) is 0 Å². The second-order valence-corrected chi connectivity index (χ2v) is 7.20. The van der Waals surface area contributed by atoms with Gasteiger partial charge < -0.3 is 9.64 Å². The van der Waals surface area contributed by atoms with Crippen molar-refractivity contribution in [3.8, 4) is 0 Å². The number of anilines is 1. The lowest BCUT2D eigenvalue weighted by atomic mass is 10.1. The van der Waals surface area contributed by atoms with Crippen molar-refractivity contribution in [3.63, 3.8) is 0 Å². The first-order chi connectivity index (χ1) is 8.91. The highest BCUT2D eigenvalue weighted by atomic mass is 35.5. The molecule has 2 unspecified atom stereocenters. The first-order valence-corrected chi connectivity index (χ1v) is 8.58. The predicted octanol–water partition coefficient (Wildman–Crippen LogP) is 1.92. The Morgan fingerprint density at radius 3 is 2.53 bits per heavy atom. The average molecular weight is 304 g/mol. The summed E-state index contributed by atoms with van der Waals surface area (Å²) in [6, 6.07) is 7.21. The van der Waals surface area contributed by atoms with Crippen LogP contribution in [-0.2, 0) is 14.6 Å². The van der Waals surface area contributed by atoms with E-state index in [0.29, 0.717) is 17.4 Å². The second kappa shape index (κ2) is 5.69. The quantitative estimate of drug-likeness (QED) is 0.801. The van der Waals surface area contributed by atoms with Gasteiger partial charge in [-0.1, -0.05) is 0 Å². The molecule has 2 rings (SSSR count). The van der Waals surface area contributed by atoms with Crippen molar-refractivity contribution in [2.75, 3.05) is 30.2 Å². The average Bonchev–Trinajstić information content (AvgIpc) is 2.38. The van der Waals surface area contributed by atoms with Crippen LogP contribution in [0.3, 0.4) is 0 Å². The van der Waals surface area contributed by atoms with Crippen LogP contribution < -0.4 is 4.90 Å². The van der Waals surface area contributed by atoms with Gasteiger partial charge >= 0.3 is 0 Å². The number of morpholine rings is 1. The lowest BCUT2D eigenvalue weighted by molar-refractivity contribution is 0.0365. The maximum atomic E-state index is 11.4. The lowest BCUT2D eigenvalue weighted by Gasteiger charge is -2.39. The maximum Gasteiger partial charge on any atom is 0.175 e. The number of halogens is 1. The minimum atomic E-state index is -3.14. The molecule has 0 bridgehead atoms. The van der Waals surface area contributed by atoms with Gasteiger partial charge in [-0.05, 0) is 31.2 Å². The van der Waals surface area contributed by atoms with E-state index in [4.69, 9.17) is 16.3 Å². The third-order valence-electron chi connectivity index (χ3n) is 3.27. The summed E-state index contributed by atoms with van der Waals surface area (Å²) in [7, 11) is -3.14. The molecule has 1 heterocycles. The molecule has 0 saturated carbocycles. The van der Waals surface area contributed by atoms with E-state index in [9.17, 15) is 8.42 Å². The Balaban J connectivity index is 2.21. The summed E-state index contributed by atoms with van der Waals surface area (Å²) in [4.78, 5) is 2.54. The van der Waals surface area contributed by atoms with Crippen LogP contribution in [0.4, 0.5) is 5.69 Å². The van der Waals surface area contributed by atoms with Crippen LogP contribution in [-0.4, -0.2) is 45.9 Å². The van der Waals surface area contributed by atoms with Crippen LogP contribution >= 0.6 is 11.6 Å². The number of ether oxygens (including phenoxy) is 1. The molecule has 1 aromatic carbocycles. The highest BCUT2D eigenvalue weighted by Crippen LogP contribution is 2.23. The van der Waals surface area contributed by atoms with Crippen LogP contribution in [0.5, 0.6) is 0 Å². The van der Waals surface area contributed by atoms with Crippen LogP contribution in [0.15, 0.2) is 29.2 Å². The molecule has 6 heteroatoms. The molecule has 0 N–H and O–H groups in total. The molecule has 0 radical (unpaired) electrons. The van der Waals surface area contributed by atoms with E-state index >= 15 is 0 Å². The minimum absolute atomic E-state index is 0.0208. The number of alkyl halides is 1. The van der Waals surface area contributed by atoms with Crippen molar-refractivity contribution in [3.05, 3.63) is 24.3 Å². The molecule has 0 spiro atoms. The molecule has 1 saturated heterocycles. The molecule has 19 heavy (non-hydrogen) atoms. The third-order valence-corrected chi connectivity index (χ3v) is 4.75. The van der Waals surface area contributed by atoms with Crippen molar-refractivity contribution < 1.29 is 13.2 Å². The summed E-state index contributed by atoms with van der Waals surface area (Å²) < 4.78 is 28.5. The van der Waals surface area contributed by atoms with Crippen LogP contribution in [0, 0.1) is 0 Å². The smallest absolute Gasteiger partial charge is 0.175 e. The molecule has 1 fully saturated rings. The number of benzene rings is 1. The van der Waals surface area contributed by atoms with Gasteiger partial charge in [0.05, 0.1) is 23.5 Å². The molecule has 106 valence electrons. The first kappa shape index (κ1) is 14.6. The molecular formula is C13H18ClNO3S. The zero-order valence-electron chi connectivity index (χ0n) is 11.0. The molecule has 2 atom stereocenters. The molecule has 0 aliphatic carbocycles. The molecule has 0 aromatic heterocycles. The van der Waals surface area contributed by atoms with Gasteiger partial charge in [-0.25, -0.2) is 8.42 Å². The third kappa shape index (κ3) is 3.41. The fraction of sp³-hybridized carbons (Fsp3) is 0.538. The van der Waals surface area contributed by atoms with E-state index in [-0.39, 0.29) is 12.1 Å². The molecule has 1 aliphatic heterocycles. The van der Waals surface area contributed by atoms with E-state index in [1.165, 1.54) is 6.26 Å². The number of hydrogen-bond donors (Lipinski definition) is 0. The van der Waals surface area contributed by atoms with Crippen molar-refractivity contribution >= 4 is 27.1 Å². The minimum Gasteiger partial charge on any atom is -0.373 e. The highest BCUT2D eigenvalue weighted by Gasteiger charge is 2.25. The Bertz CT molecular complexity index is 529. The Morgan fingerprint density at radius 1 is 1.37 bits per heavy atom. The van der Waals surface area contributed by atoms with E-state index in [1.807, 2.05) is 12.1 Å². The lowest BCUT2D eigenvalue weighted by Crippen LogP contribution is -2.49. The van der Waals surface area contributed by atoms with Gasteiger partial charge in [0.25, 0.3) is 0 Å². The summed E-state index contributed by atoms with van der Waals surface area (Å²) in [6.45, 7) is 3.43. The van der Waals surface area contributed by atoms with Gasteiger partial charge in [0.15, 0.2) is 9.84 Å². The Labute approximate surface area is 119 Å². The summed E-state index contributed by atoms with van der Waals surface area (Å²) in [5.41, 5.74) is 0.998. The predicted molar refractivity (Wildman–Crippen MR) is 76.8 cm³/mol. The van der Waals surface area contributed by atoms with Crippen LogP contribution in [0.1, 0.15) is 6.92 Å². The standard InChI is InChI=1S/C13H18ClNO3S/c1-10-9-18-12(7-14)8-15(10)11-3-5-13(6-4-11)19(2,16)17/h3-6,10,12H,7-9H2,1-2H3. The van der Waals surface area contributed by atoms with Gasteiger partial charge in [0.1, 0.15) is 0 Å². The molecule has 1 aliphatic rings. The number of rotatable bonds is 3. The van der Waals surface area contributed by atoms with Crippen molar-refractivity contribution in [1.82, 2.24) is 0 Å².